The molecule has 1 aromatic heterocycles. The number of amidine groups is 1. The molecule has 1 aromatic carbocycles. The zero-order chi connectivity index (χ0) is 13.9. The van der Waals surface area contributed by atoms with Gasteiger partial charge in [0.25, 0.3) is 5.91 Å². The Hall–Kier alpha value is -2.08. The minimum absolute atomic E-state index is 0.226. The maximum absolute atomic E-state index is 12.4. The lowest BCUT2D eigenvalue weighted by molar-refractivity contribution is 0.0977. The van der Waals surface area contributed by atoms with Crippen molar-refractivity contribution in [3.05, 3.63) is 41.7 Å². The molecule has 5 nitrogen and oxygen atoms in total. The molecule has 0 bridgehead atoms. The van der Waals surface area contributed by atoms with Crippen LogP contribution < -0.4 is 5.32 Å². The van der Waals surface area contributed by atoms with Gasteiger partial charge in [0.15, 0.2) is 5.17 Å². The van der Waals surface area contributed by atoms with Crippen LogP contribution in [0.3, 0.4) is 0 Å². The highest BCUT2D eigenvalue weighted by Gasteiger charge is 2.23. The largest absolute Gasteiger partial charge is 0.360 e. The van der Waals surface area contributed by atoms with Gasteiger partial charge in [-0.1, -0.05) is 47.3 Å². The first-order chi connectivity index (χ1) is 9.75. The van der Waals surface area contributed by atoms with Crippen LogP contribution in [0.15, 0.2) is 39.8 Å². The van der Waals surface area contributed by atoms with Crippen LogP contribution >= 0.6 is 11.8 Å². The highest BCUT2D eigenvalue weighted by Crippen LogP contribution is 2.25. The smallest absolute Gasteiger partial charge is 0.263 e. The molecule has 0 radical (unpaired) electrons. The van der Waals surface area contributed by atoms with E-state index in [2.05, 4.69) is 15.5 Å². The lowest BCUT2D eigenvalue weighted by Crippen LogP contribution is -2.28. The number of nitrogens with zero attached hydrogens (tertiary/aromatic N) is 2. The number of aromatic nitrogens is 1. The predicted octanol–water partition coefficient (Wildman–Crippen LogP) is 2.48. The van der Waals surface area contributed by atoms with E-state index in [4.69, 9.17) is 4.52 Å². The van der Waals surface area contributed by atoms with Crippen molar-refractivity contribution in [2.24, 2.45) is 4.99 Å². The first kappa shape index (κ1) is 12.9. The summed E-state index contributed by atoms with van der Waals surface area (Å²) in [5, 5.41) is 7.47. The number of benzene rings is 1. The molecule has 1 amide bonds. The number of nitrogens with one attached hydrogen (secondary N) is 1. The van der Waals surface area contributed by atoms with Crippen LogP contribution in [0.5, 0.6) is 0 Å². The van der Waals surface area contributed by atoms with Gasteiger partial charge >= 0.3 is 0 Å². The van der Waals surface area contributed by atoms with Gasteiger partial charge in [0.05, 0.1) is 6.54 Å². The van der Waals surface area contributed by atoms with Crippen molar-refractivity contribution in [3.8, 4) is 11.3 Å². The summed E-state index contributed by atoms with van der Waals surface area (Å²) >= 11 is 1.54. The molecule has 0 aliphatic carbocycles. The van der Waals surface area contributed by atoms with Crippen molar-refractivity contribution in [3.63, 3.8) is 0 Å². The van der Waals surface area contributed by atoms with Gasteiger partial charge in [-0.3, -0.25) is 9.79 Å². The minimum Gasteiger partial charge on any atom is -0.360 e. The Bertz CT molecular complexity index is 664. The predicted molar refractivity (Wildman–Crippen MR) is 78.9 cm³/mol. The molecule has 6 heteroatoms. The summed E-state index contributed by atoms with van der Waals surface area (Å²) in [5.74, 6) is 1.18. The number of hydrogen-bond donors (Lipinski definition) is 1. The summed E-state index contributed by atoms with van der Waals surface area (Å²) in [6.07, 6.45) is 0. The van der Waals surface area contributed by atoms with Gasteiger partial charge in [0.1, 0.15) is 17.0 Å². The molecule has 1 aliphatic heterocycles. The SMILES string of the molecule is Cc1onc(-c2ccccc2)c1C(=O)NC1=NCCS1. The number of thioether (sulfide) groups is 1. The molecule has 3 rings (SSSR count). The van der Waals surface area contributed by atoms with Crippen LogP contribution in [-0.4, -0.2) is 28.5 Å². The molecule has 0 atom stereocenters. The summed E-state index contributed by atoms with van der Waals surface area (Å²) in [6.45, 7) is 2.48. The summed E-state index contributed by atoms with van der Waals surface area (Å²) < 4.78 is 5.18. The van der Waals surface area contributed by atoms with Crippen molar-refractivity contribution in [1.29, 1.82) is 0 Å². The molecule has 1 aliphatic rings. The van der Waals surface area contributed by atoms with E-state index in [-0.39, 0.29) is 5.91 Å². The zero-order valence-corrected chi connectivity index (χ0v) is 11.7. The quantitative estimate of drug-likeness (QED) is 0.921. The number of amides is 1. The molecule has 2 heterocycles. The van der Waals surface area contributed by atoms with E-state index in [0.29, 0.717) is 22.2 Å². The Morgan fingerprint density at radius 1 is 1.35 bits per heavy atom. The van der Waals surface area contributed by atoms with Gasteiger partial charge in [0, 0.05) is 11.3 Å². The first-order valence-electron chi connectivity index (χ1n) is 6.26. The van der Waals surface area contributed by atoms with Gasteiger partial charge < -0.3 is 9.84 Å². The Morgan fingerprint density at radius 2 is 2.15 bits per heavy atom. The summed E-state index contributed by atoms with van der Waals surface area (Å²) in [4.78, 5) is 16.6. The number of rotatable bonds is 2. The van der Waals surface area contributed by atoms with E-state index < -0.39 is 0 Å². The summed E-state index contributed by atoms with van der Waals surface area (Å²) in [7, 11) is 0. The maximum atomic E-state index is 12.4. The first-order valence-corrected chi connectivity index (χ1v) is 7.24. The highest BCUT2D eigenvalue weighted by molar-refractivity contribution is 8.14. The second-order valence-corrected chi connectivity index (χ2v) is 5.40. The average molecular weight is 287 g/mol. The average Bonchev–Trinajstić information content (AvgIpc) is 3.09. The van der Waals surface area contributed by atoms with E-state index in [1.807, 2.05) is 30.3 Å². The van der Waals surface area contributed by atoms with Crippen molar-refractivity contribution in [1.82, 2.24) is 10.5 Å². The molecule has 0 fully saturated rings. The fourth-order valence-electron chi connectivity index (χ4n) is 2.00. The Morgan fingerprint density at radius 3 is 2.85 bits per heavy atom. The normalized spacial score (nSPS) is 14.2. The van der Waals surface area contributed by atoms with Crippen molar-refractivity contribution < 1.29 is 9.32 Å². The van der Waals surface area contributed by atoms with Gasteiger partial charge in [-0.25, -0.2) is 0 Å². The van der Waals surface area contributed by atoms with Gasteiger partial charge in [0.2, 0.25) is 0 Å². The molecule has 20 heavy (non-hydrogen) atoms. The molecule has 2 aromatic rings. The van der Waals surface area contributed by atoms with Gasteiger partial charge in [-0.15, -0.1) is 0 Å². The number of aliphatic imine (C=N–C) groups is 1. The standard InChI is InChI=1S/C14H13N3O2S/c1-9-11(13(18)16-14-15-7-8-20-14)12(17-19-9)10-5-3-2-4-6-10/h2-6H,7-8H2,1H3,(H,15,16,18). The third-order valence-electron chi connectivity index (χ3n) is 2.94. The van der Waals surface area contributed by atoms with Gasteiger partial charge in [-0.2, -0.15) is 0 Å². The molecule has 0 spiro atoms. The van der Waals surface area contributed by atoms with Crippen LogP contribution in [-0.2, 0) is 0 Å². The minimum atomic E-state index is -0.226. The molecular formula is C14H13N3O2S. The molecule has 1 N–H and O–H groups in total. The van der Waals surface area contributed by atoms with Crippen LogP contribution in [0.4, 0.5) is 0 Å². The summed E-state index contributed by atoms with van der Waals surface area (Å²) in [6, 6.07) is 9.52. The van der Waals surface area contributed by atoms with E-state index >= 15 is 0 Å². The van der Waals surface area contributed by atoms with Crippen LogP contribution in [0, 0.1) is 6.92 Å². The van der Waals surface area contributed by atoms with Crippen molar-refractivity contribution in [2.45, 2.75) is 6.92 Å². The number of hydrogen-bond acceptors (Lipinski definition) is 5. The highest BCUT2D eigenvalue weighted by atomic mass is 32.2. The fraction of sp³-hybridized carbons (Fsp3) is 0.214. The molecular weight excluding hydrogens is 274 g/mol. The van der Waals surface area contributed by atoms with Gasteiger partial charge in [-0.05, 0) is 6.92 Å². The number of carbonyl (C=O) groups is 1. The number of carbonyl (C=O) groups excluding carboxylic acids is 1. The third-order valence-corrected chi connectivity index (χ3v) is 3.83. The molecule has 0 saturated carbocycles. The van der Waals surface area contributed by atoms with Crippen LogP contribution in [0.25, 0.3) is 11.3 Å². The van der Waals surface area contributed by atoms with Crippen molar-refractivity contribution >= 4 is 22.8 Å². The molecule has 0 saturated heterocycles. The van der Waals surface area contributed by atoms with E-state index in [1.165, 1.54) is 0 Å². The topological polar surface area (TPSA) is 67.5 Å². The Balaban J connectivity index is 1.93. The Labute approximate surface area is 120 Å². The summed E-state index contributed by atoms with van der Waals surface area (Å²) in [5.41, 5.74) is 1.88. The lowest BCUT2D eigenvalue weighted by atomic mass is 10.1. The monoisotopic (exact) mass is 287 g/mol. The van der Waals surface area contributed by atoms with E-state index in [0.717, 1.165) is 17.9 Å². The van der Waals surface area contributed by atoms with Crippen molar-refractivity contribution in [2.75, 3.05) is 12.3 Å². The maximum Gasteiger partial charge on any atom is 0.263 e. The van der Waals surface area contributed by atoms with E-state index in [9.17, 15) is 4.79 Å². The molecule has 0 unspecified atom stereocenters. The fourth-order valence-corrected chi connectivity index (χ4v) is 2.73. The third kappa shape index (κ3) is 2.46. The second-order valence-electron chi connectivity index (χ2n) is 4.32. The second kappa shape index (κ2) is 5.50. The molecule has 102 valence electrons. The van der Waals surface area contributed by atoms with Crippen LogP contribution in [0.2, 0.25) is 0 Å². The lowest BCUT2D eigenvalue weighted by Gasteiger charge is -2.04. The zero-order valence-electron chi connectivity index (χ0n) is 10.9. The van der Waals surface area contributed by atoms with E-state index in [1.54, 1.807) is 18.7 Å². The Kier molecular flexibility index (Phi) is 3.56. The number of aryl methyl sites for hydroxylation is 1. The van der Waals surface area contributed by atoms with Crippen LogP contribution in [0.1, 0.15) is 16.1 Å².